The van der Waals surface area contributed by atoms with E-state index < -0.39 is 6.10 Å². The highest BCUT2D eigenvalue weighted by Gasteiger charge is 2.17. The molecule has 21 heavy (non-hydrogen) atoms. The number of hydrogen-bond donors (Lipinski definition) is 1. The number of aliphatic hydroxyl groups is 1. The van der Waals surface area contributed by atoms with E-state index in [1.54, 1.807) is 0 Å². The Morgan fingerprint density at radius 3 is 2.71 bits per heavy atom. The van der Waals surface area contributed by atoms with E-state index in [0.29, 0.717) is 6.42 Å². The molecule has 0 spiro atoms. The Morgan fingerprint density at radius 2 is 1.90 bits per heavy atom. The van der Waals surface area contributed by atoms with Crippen molar-refractivity contribution in [1.82, 2.24) is 9.78 Å². The van der Waals surface area contributed by atoms with Gasteiger partial charge in [-0.2, -0.15) is 5.10 Å². The second-order valence-corrected chi connectivity index (χ2v) is 5.68. The number of benzene rings is 2. The van der Waals surface area contributed by atoms with E-state index in [1.165, 1.54) is 16.7 Å². The molecule has 0 bridgehead atoms. The van der Waals surface area contributed by atoms with E-state index in [2.05, 4.69) is 37.1 Å². The van der Waals surface area contributed by atoms with Gasteiger partial charge in [-0.1, -0.05) is 42.0 Å². The molecule has 3 heteroatoms. The van der Waals surface area contributed by atoms with Crippen molar-refractivity contribution in [3.05, 3.63) is 64.8 Å². The van der Waals surface area contributed by atoms with Crippen LogP contribution >= 0.6 is 0 Å². The van der Waals surface area contributed by atoms with E-state index in [1.807, 2.05) is 36.0 Å². The van der Waals surface area contributed by atoms with E-state index in [-0.39, 0.29) is 0 Å². The summed E-state index contributed by atoms with van der Waals surface area (Å²) in [5, 5.41) is 16.2. The molecule has 0 radical (unpaired) electrons. The van der Waals surface area contributed by atoms with Gasteiger partial charge in [0.15, 0.2) is 0 Å². The molecule has 1 N–H and O–H groups in total. The molecule has 2 aromatic carbocycles. The third kappa shape index (κ3) is 2.57. The highest BCUT2D eigenvalue weighted by molar-refractivity contribution is 5.82. The molecule has 0 saturated carbocycles. The van der Waals surface area contributed by atoms with Gasteiger partial charge in [-0.15, -0.1) is 0 Å². The monoisotopic (exact) mass is 280 g/mol. The van der Waals surface area contributed by atoms with Crippen molar-refractivity contribution < 1.29 is 5.11 Å². The lowest BCUT2D eigenvalue weighted by atomic mass is 9.98. The molecule has 0 aliphatic rings. The highest BCUT2D eigenvalue weighted by atomic mass is 16.3. The maximum atomic E-state index is 10.6. The summed E-state index contributed by atoms with van der Waals surface area (Å²) in [4.78, 5) is 0. The summed E-state index contributed by atoms with van der Waals surface area (Å²) in [6.45, 7) is 4.16. The standard InChI is InChI=1S/C18H20N2O/c1-12-8-9-13(2)14(10-12)11-17(21)18-15-6-4-5-7-16(15)20(3)19-18/h4-10,17,21H,11H2,1-3H3. The first kappa shape index (κ1) is 13.8. The molecule has 3 aromatic rings. The van der Waals surface area contributed by atoms with Gasteiger partial charge >= 0.3 is 0 Å². The van der Waals surface area contributed by atoms with Gasteiger partial charge in [0.05, 0.1) is 11.2 Å². The summed E-state index contributed by atoms with van der Waals surface area (Å²) in [7, 11) is 1.91. The zero-order chi connectivity index (χ0) is 15.0. The molecule has 0 aliphatic heterocycles. The second kappa shape index (κ2) is 5.34. The fourth-order valence-electron chi connectivity index (χ4n) is 2.81. The number of fused-ring (bicyclic) bond motifs is 1. The number of aryl methyl sites for hydroxylation is 3. The summed E-state index contributed by atoms with van der Waals surface area (Å²) in [5.74, 6) is 0. The van der Waals surface area contributed by atoms with E-state index >= 15 is 0 Å². The van der Waals surface area contributed by atoms with Gasteiger partial charge < -0.3 is 5.11 Å². The van der Waals surface area contributed by atoms with E-state index in [0.717, 1.165) is 16.6 Å². The van der Waals surface area contributed by atoms with E-state index in [4.69, 9.17) is 0 Å². The smallest absolute Gasteiger partial charge is 0.102 e. The first-order chi connectivity index (χ1) is 10.1. The predicted molar refractivity (Wildman–Crippen MR) is 85.3 cm³/mol. The Kier molecular flexibility index (Phi) is 3.52. The van der Waals surface area contributed by atoms with Crippen molar-refractivity contribution in [2.75, 3.05) is 0 Å². The van der Waals surface area contributed by atoms with Gasteiger partial charge in [-0.05, 0) is 31.0 Å². The summed E-state index contributed by atoms with van der Waals surface area (Å²) < 4.78 is 1.83. The van der Waals surface area contributed by atoms with Gasteiger partial charge in [-0.3, -0.25) is 4.68 Å². The third-order valence-electron chi connectivity index (χ3n) is 4.02. The van der Waals surface area contributed by atoms with E-state index in [9.17, 15) is 5.11 Å². The van der Waals surface area contributed by atoms with Crippen LogP contribution < -0.4 is 0 Å². The molecule has 0 fully saturated rings. The van der Waals surface area contributed by atoms with Crippen molar-refractivity contribution in [3.63, 3.8) is 0 Å². The summed E-state index contributed by atoms with van der Waals surface area (Å²) in [5.41, 5.74) is 5.41. The van der Waals surface area contributed by atoms with Crippen LogP contribution in [0.25, 0.3) is 10.9 Å². The van der Waals surface area contributed by atoms with Crippen molar-refractivity contribution in [1.29, 1.82) is 0 Å². The zero-order valence-electron chi connectivity index (χ0n) is 12.7. The van der Waals surface area contributed by atoms with Crippen molar-refractivity contribution >= 4 is 10.9 Å². The van der Waals surface area contributed by atoms with Gasteiger partial charge in [-0.25, -0.2) is 0 Å². The maximum Gasteiger partial charge on any atom is 0.102 e. The van der Waals surface area contributed by atoms with Gasteiger partial charge in [0.25, 0.3) is 0 Å². The van der Waals surface area contributed by atoms with Crippen LogP contribution in [0.3, 0.4) is 0 Å². The Balaban J connectivity index is 1.97. The molecular formula is C18H20N2O. The number of rotatable bonds is 3. The van der Waals surface area contributed by atoms with Crippen LogP contribution in [-0.4, -0.2) is 14.9 Å². The quantitative estimate of drug-likeness (QED) is 0.797. The molecule has 0 saturated heterocycles. The van der Waals surface area contributed by atoms with Crippen LogP contribution in [0, 0.1) is 13.8 Å². The number of hydrogen-bond acceptors (Lipinski definition) is 2. The fourth-order valence-corrected chi connectivity index (χ4v) is 2.81. The van der Waals surface area contributed by atoms with Crippen LogP contribution in [0.15, 0.2) is 42.5 Å². The lowest BCUT2D eigenvalue weighted by molar-refractivity contribution is 0.174. The number of aliphatic hydroxyl groups excluding tert-OH is 1. The van der Waals surface area contributed by atoms with Gasteiger partial charge in [0, 0.05) is 18.9 Å². The molecule has 1 unspecified atom stereocenters. The first-order valence-electron chi connectivity index (χ1n) is 7.22. The maximum absolute atomic E-state index is 10.6. The topological polar surface area (TPSA) is 38.1 Å². The number of nitrogens with zero attached hydrogens (tertiary/aromatic N) is 2. The fraction of sp³-hybridized carbons (Fsp3) is 0.278. The normalized spacial score (nSPS) is 12.8. The average Bonchev–Trinajstić information content (AvgIpc) is 2.81. The molecule has 3 rings (SSSR count). The number of para-hydroxylation sites is 1. The van der Waals surface area contributed by atoms with Crippen LogP contribution in [0.1, 0.15) is 28.5 Å². The van der Waals surface area contributed by atoms with Gasteiger partial charge in [0.1, 0.15) is 6.10 Å². The molecular weight excluding hydrogens is 260 g/mol. The average molecular weight is 280 g/mol. The van der Waals surface area contributed by atoms with Gasteiger partial charge in [0.2, 0.25) is 0 Å². The lowest BCUT2D eigenvalue weighted by Crippen LogP contribution is -2.05. The largest absolute Gasteiger partial charge is 0.386 e. The summed E-state index contributed by atoms with van der Waals surface area (Å²) in [6.07, 6.45) is 0.00531. The molecule has 1 heterocycles. The van der Waals surface area contributed by atoms with Crippen LogP contribution in [0.5, 0.6) is 0 Å². The van der Waals surface area contributed by atoms with Crippen molar-refractivity contribution in [3.8, 4) is 0 Å². The summed E-state index contributed by atoms with van der Waals surface area (Å²) in [6, 6.07) is 14.4. The second-order valence-electron chi connectivity index (χ2n) is 5.68. The molecule has 0 amide bonds. The van der Waals surface area contributed by atoms with Crippen molar-refractivity contribution in [2.24, 2.45) is 7.05 Å². The molecule has 1 atom stereocenters. The zero-order valence-corrected chi connectivity index (χ0v) is 12.7. The molecule has 3 nitrogen and oxygen atoms in total. The minimum atomic E-state index is -0.586. The molecule has 108 valence electrons. The van der Waals surface area contributed by atoms with Crippen LogP contribution in [-0.2, 0) is 13.5 Å². The summed E-state index contributed by atoms with van der Waals surface area (Å²) >= 11 is 0. The Labute approximate surface area is 124 Å². The van der Waals surface area contributed by atoms with Crippen molar-refractivity contribution in [2.45, 2.75) is 26.4 Å². The Hall–Kier alpha value is -2.13. The molecule has 0 aliphatic carbocycles. The minimum absolute atomic E-state index is 0.586. The van der Waals surface area contributed by atoms with Crippen LogP contribution in [0.2, 0.25) is 0 Å². The number of aromatic nitrogens is 2. The lowest BCUT2D eigenvalue weighted by Gasteiger charge is -2.12. The molecule has 1 aromatic heterocycles. The Bertz CT molecular complexity index is 789. The Morgan fingerprint density at radius 1 is 1.14 bits per heavy atom. The predicted octanol–water partition coefficient (Wildman–Crippen LogP) is 3.47. The SMILES string of the molecule is Cc1ccc(C)c(CC(O)c2nn(C)c3ccccc23)c1. The van der Waals surface area contributed by atoms with Crippen LogP contribution in [0.4, 0.5) is 0 Å². The highest BCUT2D eigenvalue weighted by Crippen LogP contribution is 2.26. The minimum Gasteiger partial charge on any atom is -0.386 e. The third-order valence-corrected chi connectivity index (χ3v) is 4.02. The first-order valence-corrected chi connectivity index (χ1v) is 7.22.